The van der Waals surface area contributed by atoms with Gasteiger partial charge in [0, 0.05) is 24.1 Å². The Hall–Kier alpha value is -1.86. The smallest absolute Gasteiger partial charge is 0.371 e. The summed E-state index contributed by atoms with van der Waals surface area (Å²) in [4.78, 5) is 15.3. The Morgan fingerprint density at radius 3 is 2.73 bits per heavy atom. The second-order valence-corrected chi connectivity index (χ2v) is 10.8. The molecule has 0 bridgehead atoms. The Kier molecular flexibility index (Phi) is 4.74. The van der Waals surface area contributed by atoms with Crippen molar-refractivity contribution in [2.24, 2.45) is 22.4 Å². The van der Waals surface area contributed by atoms with Crippen LogP contribution in [-0.2, 0) is 21.5 Å². The van der Waals surface area contributed by atoms with E-state index in [4.69, 9.17) is 9.32 Å². The first-order valence-electron chi connectivity index (χ1n) is 11.1. The van der Waals surface area contributed by atoms with Gasteiger partial charge in [-0.05, 0) is 86.0 Å². The lowest BCUT2D eigenvalue weighted by Crippen LogP contribution is -2.44. The molecular formula is C23H30N2O4S. The summed E-state index contributed by atoms with van der Waals surface area (Å²) in [5.41, 5.74) is 3.53. The van der Waals surface area contributed by atoms with Gasteiger partial charge in [0.15, 0.2) is 0 Å². The number of hydrogen-bond donors (Lipinski definition) is 1. The van der Waals surface area contributed by atoms with Crippen LogP contribution < -0.4 is 9.32 Å². The minimum Gasteiger partial charge on any atom is -0.371 e. The molecule has 7 heteroatoms. The summed E-state index contributed by atoms with van der Waals surface area (Å²) in [6, 6.07) is 5.57. The van der Waals surface area contributed by atoms with Crippen LogP contribution in [0.25, 0.3) is 0 Å². The SMILES string of the molecule is CC12CCC3c4ccc(OS(N)(=O)=O)cc4CCC3C1CC=C2C(=O)N1CCCC1. The number of amides is 1. The van der Waals surface area contributed by atoms with Crippen LogP contribution >= 0.6 is 0 Å². The highest BCUT2D eigenvalue weighted by molar-refractivity contribution is 7.84. The third-order valence-corrected chi connectivity index (χ3v) is 8.54. The highest BCUT2D eigenvalue weighted by Gasteiger charge is 2.53. The number of benzene rings is 1. The topological polar surface area (TPSA) is 89.7 Å². The van der Waals surface area contributed by atoms with Crippen molar-refractivity contribution < 1.29 is 17.4 Å². The van der Waals surface area contributed by atoms with Crippen LogP contribution in [0.5, 0.6) is 5.75 Å². The molecule has 1 amide bonds. The molecule has 1 aliphatic heterocycles. The maximum atomic E-state index is 13.2. The third kappa shape index (κ3) is 3.26. The minimum absolute atomic E-state index is 0.0188. The Balaban J connectivity index is 1.38. The maximum absolute atomic E-state index is 13.2. The fourth-order valence-electron chi connectivity index (χ4n) is 6.73. The van der Waals surface area contributed by atoms with Crippen molar-refractivity contribution in [3.63, 3.8) is 0 Å². The Labute approximate surface area is 178 Å². The van der Waals surface area contributed by atoms with Crippen LogP contribution in [0, 0.1) is 17.3 Å². The Bertz CT molecular complexity index is 1010. The summed E-state index contributed by atoms with van der Waals surface area (Å²) in [6.45, 7) is 4.12. The summed E-state index contributed by atoms with van der Waals surface area (Å²) in [6.07, 6.45) is 9.54. The first-order chi connectivity index (χ1) is 14.3. The third-order valence-electron chi connectivity index (χ3n) is 8.11. The number of nitrogens with zero attached hydrogens (tertiary/aromatic N) is 1. The van der Waals surface area contributed by atoms with Crippen molar-refractivity contribution in [1.82, 2.24) is 4.90 Å². The molecule has 0 spiro atoms. The predicted octanol–water partition coefficient (Wildman–Crippen LogP) is 3.28. The highest BCUT2D eigenvalue weighted by atomic mass is 32.2. The van der Waals surface area contributed by atoms with Gasteiger partial charge in [-0.2, -0.15) is 13.6 Å². The molecule has 30 heavy (non-hydrogen) atoms. The maximum Gasteiger partial charge on any atom is 0.380 e. The molecule has 2 fully saturated rings. The number of rotatable bonds is 3. The van der Waals surface area contributed by atoms with Crippen LogP contribution in [0.4, 0.5) is 0 Å². The van der Waals surface area contributed by atoms with E-state index in [1.165, 1.54) is 11.1 Å². The van der Waals surface area contributed by atoms with Gasteiger partial charge < -0.3 is 9.08 Å². The highest BCUT2D eigenvalue weighted by Crippen LogP contribution is 2.61. The van der Waals surface area contributed by atoms with E-state index < -0.39 is 10.3 Å². The number of carbonyl (C=O) groups is 1. The fourth-order valence-corrected chi connectivity index (χ4v) is 7.11. The zero-order valence-electron chi connectivity index (χ0n) is 17.5. The zero-order chi connectivity index (χ0) is 21.1. The number of nitrogens with two attached hydrogens (primary N) is 1. The largest absolute Gasteiger partial charge is 0.380 e. The first-order valence-corrected chi connectivity index (χ1v) is 12.6. The van der Waals surface area contributed by atoms with Gasteiger partial charge in [-0.1, -0.05) is 19.1 Å². The van der Waals surface area contributed by atoms with E-state index in [1.54, 1.807) is 6.07 Å². The minimum atomic E-state index is -4.01. The van der Waals surface area contributed by atoms with Gasteiger partial charge in [0.25, 0.3) is 0 Å². The van der Waals surface area contributed by atoms with E-state index in [1.807, 2.05) is 12.1 Å². The summed E-state index contributed by atoms with van der Waals surface area (Å²) in [5, 5.41) is 5.02. The van der Waals surface area contributed by atoms with E-state index >= 15 is 0 Å². The predicted molar refractivity (Wildman–Crippen MR) is 114 cm³/mol. The summed E-state index contributed by atoms with van der Waals surface area (Å²) >= 11 is 0. The molecule has 5 rings (SSSR count). The molecule has 1 saturated heterocycles. The zero-order valence-corrected chi connectivity index (χ0v) is 18.3. The van der Waals surface area contributed by atoms with E-state index in [9.17, 15) is 13.2 Å². The molecule has 1 aromatic rings. The van der Waals surface area contributed by atoms with Gasteiger partial charge >= 0.3 is 10.3 Å². The average Bonchev–Trinajstić information content (AvgIpc) is 3.33. The molecule has 1 saturated carbocycles. The molecule has 2 N–H and O–H groups in total. The summed E-state index contributed by atoms with van der Waals surface area (Å²) in [5.74, 6) is 2.09. The molecule has 0 aromatic heterocycles. The lowest BCUT2D eigenvalue weighted by atomic mass is 9.54. The summed E-state index contributed by atoms with van der Waals surface area (Å²) < 4.78 is 27.4. The molecule has 1 heterocycles. The normalized spacial score (nSPS) is 32.8. The second kappa shape index (κ2) is 7.09. The van der Waals surface area contributed by atoms with Crippen LogP contribution in [0.15, 0.2) is 29.8 Å². The monoisotopic (exact) mass is 430 g/mol. The number of carbonyl (C=O) groups excluding carboxylic acids is 1. The number of allylic oxidation sites excluding steroid dienone is 1. The van der Waals surface area contributed by atoms with Crippen LogP contribution in [0.1, 0.15) is 62.5 Å². The molecule has 1 aromatic carbocycles. The van der Waals surface area contributed by atoms with Crippen LogP contribution in [0.2, 0.25) is 0 Å². The quantitative estimate of drug-likeness (QED) is 0.797. The van der Waals surface area contributed by atoms with Crippen molar-refractivity contribution in [2.45, 2.75) is 57.8 Å². The number of likely N-dealkylation sites (tertiary alicyclic amines) is 1. The first kappa shape index (κ1) is 20.1. The lowest BCUT2D eigenvalue weighted by Gasteiger charge is -2.50. The molecule has 0 radical (unpaired) electrons. The van der Waals surface area contributed by atoms with E-state index in [0.717, 1.165) is 63.6 Å². The van der Waals surface area contributed by atoms with E-state index in [0.29, 0.717) is 17.8 Å². The standard InChI is InChI=1S/C23H30N2O4S/c1-23-11-10-18-17-7-5-16(29-30(24,27)28)14-15(17)4-6-19(18)20(23)8-9-21(23)22(26)25-12-2-3-13-25/h5,7,9,14,18-20H,2-4,6,8,10-13H2,1H3,(H2,24,27,28). The van der Waals surface area contributed by atoms with E-state index in [-0.39, 0.29) is 17.1 Å². The number of aryl methyl sites for hydroxylation is 1. The molecule has 6 nitrogen and oxygen atoms in total. The van der Waals surface area contributed by atoms with Crippen molar-refractivity contribution in [1.29, 1.82) is 0 Å². The molecule has 4 aliphatic rings. The number of hydrogen-bond acceptors (Lipinski definition) is 4. The molecular weight excluding hydrogens is 400 g/mol. The molecule has 3 aliphatic carbocycles. The van der Waals surface area contributed by atoms with Crippen molar-refractivity contribution in [3.8, 4) is 5.75 Å². The summed E-state index contributed by atoms with van der Waals surface area (Å²) in [7, 11) is -4.01. The Morgan fingerprint density at radius 1 is 1.23 bits per heavy atom. The molecule has 4 atom stereocenters. The van der Waals surface area contributed by atoms with Gasteiger partial charge in [0.1, 0.15) is 5.75 Å². The van der Waals surface area contributed by atoms with Gasteiger partial charge in [-0.15, -0.1) is 0 Å². The van der Waals surface area contributed by atoms with Crippen molar-refractivity contribution in [2.75, 3.05) is 13.1 Å². The van der Waals surface area contributed by atoms with E-state index in [2.05, 4.69) is 17.9 Å². The Morgan fingerprint density at radius 2 is 2.00 bits per heavy atom. The lowest BCUT2D eigenvalue weighted by molar-refractivity contribution is -0.128. The number of fused-ring (bicyclic) bond motifs is 5. The van der Waals surface area contributed by atoms with Crippen molar-refractivity contribution in [3.05, 3.63) is 41.0 Å². The van der Waals surface area contributed by atoms with Gasteiger partial charge in [-0.25, -0.2) is 0 Å². The second-order valence-electron chi connectivity index (χ2n) is 9.66. The fraction of sp³-hybridized carbons (Fsp3) is 0.609. The van der Waals surface area contributed by atoms with Crippen LogP contribution in [0.3, 0.4) is 0 Å². The van der Waals surface area contributed by atoms with Gasteiger partial charge in [0.2, 0.25) is 5.91 Å². The molecule has 4 unspecified atom stereocenters. The van der Waals surface area contributed by atoms with Gasteiger partial charge in [-0.3, -0.25) is 4.79 Å². The average molecular weight is 431 g/mol. The van der Waals surface area contributed by atoms with Crippen molar-refractivity contribution >= 4 is 16.2 Å². The molecule has 162 valence electrons. The van der Waals surface area contributed by atoms with Gasteiger partial charge in [0.05, 0.1) is 0 Å². The van der Waals surface area contributed by atoms with Crippen LogP contribution in [-0.4, -0.2) is 32.3 Å².